The molecule has 0 atom stereocenters. The molecule has 0 radical (unpaired) electrons. The summed E-state index contributed by atoms with van der Waals surface area (Å²) in [6.07, 6.45) is 3.03. The third-order valence-corrected chi connectivity index (χ3v) is 1.43. The largest absolute Gasteiger partial charge is 0.483 e. The molecule has 0 aliphatic heterocycles. The second-order valence-corrected chi connectivity index (χ2v) is 2.21. The Bertz CT molecular complexity index is 491. The number of H-pyrrole nitrogens is 1. The second kappa shape index (κ2) is 4.08. The van der Waals surface area contributed by atoms with E-state index in [2.05, 4.69) is 4.98 Å². The van der Waals surface area contributed by atoms with Gasteiger partial charge in [0.05, 0.1) is 0 Å². The molecule has 2 aromatic rings. The van der Waals surface area contributed by atoms with Crippen molar-refractivity contribution in [1.82, 2.24) is 14.0 Å². The Morgan fingerprint density at radius 3 is 1.86 bits per heavy atom. The van der Waals surface area contributed by atoms with Gasteiger partial charge in [0.2, 0.25) is 0 Å². The second-order valence-electron chi connectivity index (χ2n) is 2.21. The first-order valence-corrected chi connectivity index (χ1v) is 3.57. The summed E-state index contributed by atoms with van der Waals surface area (Å²) in [5.74, 6) is 0. The molecule has 0 aromatic carbocycles. The molecule has 0 unspecified atom stereocenters. The van der Waals surface area contributed by atoms with E-state index in [1.165, 1.54) is 21.4 Å². The van der Waals surface area contributed by atoms with E-state index in [-0.39, 0.29) is 6.47 Å². The molecule has 0 aliphatic carbocycles. The maximum Gasteiger partial charge on any atom is 0.349 e. The molecule has 0 spiro atoms. The van der Waals surface area contributed by atoms with Gasteiger partial charge in [-0.1, -0.05) is 0 Å². The molecule has 2 aromatic heterocycles. The predicted molar refractivity (Wildman–Crippen MR) is 46.4 cm³/mol. The van der Waals surface area contributed by atoms with Crippen LogP contribution in [-0.2, 0) is 4.79 Å². The molecule has 0 bridgehead atoms. The summed E-state index contributed by atoms with van der Waals surface area (Å²) in [7, 11) is 0. The van der Waals surface area contributed by atoms with Crippen LogP contribution in [0.15, 0.2) is 34.1 Å². The van der Waals surface area contributed by atoms with Gasteiger partial charge in [-0.05, 0) is 12.1 Å². The average molecular weight is 197 g/mol. The average Bonchev–Trinajstić information content (AvgIpc) is 2.45. The van der Waals surface area contributed by atoms with Crippen LogP contribution in [0.25, 0.3) is 0 Å². The highest BCUT2D eigenvalue weighted by Gasteiger charge is 1.96. The normalized spacial score (nSPS) is 9.14. The molecule has 0 amide bonds. The van der Waals surface area contributed by atoms with E-state index < -0.39 is 11.4 Å². The van der Waals surface area contributed by atoms with Crippen LogP contribution in [0.1, 0.15) is 0 Å². The minimum absolute atomic E-state index is 0.250. The molecule has 7 nitrogen and oxygen atoms in total. The minimum Gasteiger partial charge on any atom is -0.483 e. The third-order valence-electron chi connectivity index (χ3n) is 1.43. The number of aromatic nitrogens is 3. The fourth-order valence-electron chi connectivity index (χ4n) is 0.943. The Morgan fingerprint density at radius 1 is 1.14 bits per heavy atom. The molecule has 0 saturated carbocycles. The Hall–Kier alpha value is -2.31. The maximum absolute atomic E-state index is 10.9. The van der Waals surface area contributed by atoms with Gasteiger partial charge in [0.15, 0.2) is 0 Å². The third kappa shape index (κ3) is 1.71. The zero-order valence-corrected chi connectivity index (χ0v) is 6.95. The first-order chi connectivity index (χ1) is 6.70. The van der Waals surface area contributed by atoms with E-state index in [4.69, 9.17) is 9.90 Å². The number of carboxylic acid groups (broad SMARTS) is 1. The lowest BCUT2D eigenvalue weighted by molar-refractivity contribution is -0.122. The lowest BCUT2D eigenvalue weighted by atomic mass is 10.6. The molecule has 74 valence electrons. The Kier molecular flexibility index (Phi) is 2.85. The summed E-state index contributed by atoms with van der Waals surface area (Å²) in [6, 6.07) is 3.35. The van der Waals surface area contributed by atoms with Crippen molar-refractivity contribution in [2.75, 3.05) is 0 Å². The van der Waals surface area contributed by atoms with Crippen molar-refractivity contribution < 1.29 is 9.90 Å². The van der Waals surface area contributed by atoms with Crippen LogP contribution in [0.4, 0.5) is 0 Å². The minimum atomic E-state index is -0.421. The lowest BCUT2D eigenvalue weighted by Crippen LogP contribution is -2.12. The molecule has 14 heavy (non-hydrogen) atoms. The zero-order valence-electron chi connectivity index (χ0n) is 6.95. The molecule has 7 heteroatoms. The number of rotatable bonds is 0. The van der Waals surface area contributed by atoms with Crippen molar-refractivity contribution in [3.05, 3.63) is 45.5 Å². The fraction of sp³-hybridized carbons (Fsp3) is 0. The number of aromatic amines is 1. The number of nitrogens with one attached hydrogen (secondary N) is 1. The summed E-state index contributed by atoms with van der Waals surface area (Å²) < 4.78 is 2.39. The topological polar surface area (TPSA) is 96.0 Å². The van der Waals surface area contributed by atoms with Crippen LogP contribution in [-0.4, -0.2) is 25.6 Å². The summed E-state index contributed by atoms with van der Waals surface area (Å²) in [5.41, 5.74) is -0.841. The van der Waals surface area contributed by atoms with E-state index >= 15 is 0 Å². The van der Waals surface area contributed by atoms with E-state index in [0.717, 1.165) is 0 Å². The summed E-state index contributed by atoms with van der Waals surface area (Å²) in [4.78, 5) is 32.3. The first-order valence-electron chi connectivity index (χ1n) is 3.57. The highest BCUT2D eigenvalue weighted by atomic mass is 16.3. The van der Waals surface area contributed by atoms with Gasteiger partial charge in [0.25, 0.3) is 6.47 Å². The molecular formula is C7H7N3O4. The first kappa shape index (κ1) is 9.78. The molecule has 2 N–H and O–H groups in total. The quantitative estimate of drug-likeness (QED) is 0.518. The molecule has 0 aliphatic rings. The summed E-state index contributed by atoms with van der Waals surface area (Å²) in [5, 5.41) is 6.89. The van der Waals surface area contributed by atoms with Gasteiger partial charge in [-0.2, -0.15) is 0 Å². The number of nitrogens with zero attached hydrogens (tertiary/aromatic N) is 2. The van der Waals surface area contributed by atoms with Gasteiger partial charge < -0.3 is 5.11 Å². The van der Waals surface area contributed by atoms with Crippen molar-refractivity contribution in [2.24, 2.45) is 0 Å². The van der Waals surface area contributed by atoms with Crippen LogP contribution in [0.2, 0.25) is 0 Å². The van der Waals surface area contributed by atoms with Gasteiger partial charge in [-0.3, -0.25) is 9.78 Å². The molecule has 2 heterocycles. The van der Waals surface area contributed by atoms with Crippen LogP contribution in [0.5, 0.6) is 0 Å². The van der Waals surface area contributed by atoms with Crippen molar-refractivity contribution in [3.8, 4) is 0 Å². The smallest absolute Gasteiger partial charge is 0.349 e. The van der Waals surface area contributed by atoms with E-state index in [1.807, 2.05) is 0 Å². The van der Waals surface area contributed by atoms with E-state index in [9.17, 15) is 9.59 Å². The predicted octanol–water partition coefficient (Wildman–Crippen LogP) is -1.21. The van der Waals surface area contributed by atoms with Crippen LogP contribution in [0.3, 0.4) is 0 Å². The van der Waals surface area contributed by atoms with Crippen LogP contribution >= 0.6 is 0 Å². The summed E-state index contributed by atoms with van der Waals surface area (Å²) in [6.45, 7) is -0.250. The van der Waals surface area contributed by atoms with E-state index in [0.29, 0.717) is 0 Å². The Morgan fingerprint density at radius 2 is 1.50 bits per heavy atom. The SMILES string of the molecule is O=CO.O=c1[nH]c(=O)n2ccccn12. The Balaban J connectivity index is 0.000000293. The Labute approximate surface area is 76.8 Å². The molecule has 0 fully saturated rings. The fourth-order valence-corrected chi connectivity index (χ4v) is 0.943. The zero-order chi connectivity index (χ0) is 10.6. The summed E-state index contributed by atoms with van der Waals surface area (Å²) >= 11 is 0. The molecule has 0 saturated heterocycles. The monoisotopic (exact) mass is 197 g/mol. The number of hydrogen-bond donors (Lipinski definition) is 2. The van der Waals surface area contributed by atoms with Crippen molar-refractivity contribution in [3.63, 3.8) is 0 Å². The van der Waals surface area contributed by atoms with Crippen LogP contribution < -0.4 is 11.4 Å². The van der Waals surface area contributed by atoms with E-state index in [1.54, 1.807) is 12.1 Å². The van der Waals surface area contributed by atoms with Crippen molar-refractivity contribution in [2.45, 2.75) is 0 Å². The number of carbonyl (C=O) groups is 1. The van der Waals surface area contributed by atoms with Gasteiger partial charge in [0.1, 0.15) is 0 Å². The van der Waals surface area contributed by atoms with Crippen LogP contribution in [0, 0.1) is 0 Å². The lowest BCUT2D eigenvalue weighted by Gasteiger charge is -1.89. The van der Waals surface area contributed by atoms with Gasteiger partial charge in [-0.15, -0.1) is 0 Å². The molecule has 2 rings (SSSR count). The van der Waals surface area contributed by atoms with Crippen molar-refractivity contribution >= 4 is 6.47 Å². The highest BCUT2D eigenvalue weighted by molar-refractivity contribution is 5.32. The highest BCUT2D eigenvalue weighted by Crippen LogP contribution is 1.77. The standard InChI is InChI=1S/C6H5N3O2.CH2O2/c10-5-7-6(11)9-4-2-1-3-8(5)9;2-1-3/h1-4H,(H,7,10,11);1H,(H,2,3). The maximum atomic E-state index is 10.9. The number of hydrogen-bond acceptors (Lipinski definition) is 3. The van der Waals surface area contributed by atoms with Gasteiger partial charge >= 0.3 is 11.4 Å². The van der Waals surface area contributed by atoms with Gasteiger partial charge in [0, 0.05) is 12.4 Å². The van der Waals surface area contributed by atoms with Crippen molar-refractivity contribution in [1.29, 1.82) is 0 Å². The molecular weight excluding hydrogens is 190 g/mol. The van der Waals surface area contributed by atoms with Gasteiger partial charge in [-0.25, -0.2) is 18.6 Å². The number of fused-ring (bicyclic) bond motifs is 1.